The number of hydrogen-bond donors (Lipinski definition) is 1. The van der Waals surface area contributed by atoms with Gasteiger partial charge in [0, 0.05) is 32.0 Å². The van der Waals surface area contributed by atoms with Crippen LogP contribution in [0, 0.1) is 0 Å². The van der Waals surface area contributed by atoms with Gasteiger partial charge in [-0.1, -0.05) is 0 Å². The maximum absolute atomic E-state index is 12.3. The number of hydrogen-bond acceptors (Lipinski definition) is 5. The topological polar surface area (TPSA) is 85.5 Å². The predicted molar refractivity (Wildman–Crippen MR) is 62.8 cm³/mol. The second kappa shape index (κ2) is 4.99. The van der Waals surface area contributed by atoms with Gasteiger partial charge >= 0.3 is 0 Å². The number of nitrogens with two attached hydrogens (primary N) is 1. The Morgan fingerprint density at radius 1 is 1.35 bits per heavy atom. The lowest BCUT2D eigenvalue weighted by atomic mass is 10.5. The molecule has 2 rings (SSSR count). The Morgan fingerprint density at radius 2 is 2.18 bits per heavy atom. The molecule has 0 aromatic carbocycles. The highest BCUT2D eigenvalue weighted by Crippen LogP contribution is 2.17. The predicted octanol–water partition coefficient (Wildman–Crippen LogP) is 0.0748. The number of sulfonamides is 1. The van der Waals surface area contributed by atoms with Crippen LogP contribution in [0.4, 0.5) is 5.82 Å². The van der Waals surface area contributed by atoms with E-state index in [2.05, 4.69) is 4.98 Å². The van der Waals surface area contributed by atoms with Gasteiger partial charge in [0.05, 0.1) is 11.5 Å². The van der Waals surface area contributed by atoms with Crippen molar-refractivity contribution >= 4 is 15.8 Å². The van der Waals surface area contributed by atoms with Gasteiger partial charge in [-0.05, 0) is 12.5 Å². The van der Waals surface area contributed by atoms with Crippen molar-refractivity contribution < 1.29 is 13.2 Å². The first-order chi connectivity index (χ1) is 8.10. The summed E-state index contributed by atoms with van der Waals surface area (Å²) in [6, 6.07) is 2.83. The first-order valence-corrected chi connectivity index (χ1v) is 6.84. The van der Waals surface area contributed by atoms with E-state index in [0.29, 0.717) is 32.7 Å². The van der Waals surface area contributed by atoms with E-state index in [1.807, 2.05) is 0 Å². The van der Waals surface area contributed by atoms with Gasteiger partial charge in [0.15, 0.2) is 0 Å². The minimum Gasteiger partial charge on any atom is -0.384 e. The molecule has 2 N–H and O–H groups in total. The van der Waals surface area contributed by atoms with Crippen LogP contribution in [0.1, 0.15) is 6.42 Å². The number of pyridine rings is 1. The molecule has 94 valence electrons. The summed E-state index contributed by atoms with van der Waals surface area (Å²) in [5, 5.41) is 0. The van der Waals surface area contributed by atoms with Gasteiger partial charge in [0.2, 0.25) is 10.0 Å². The molecule has 0 atom stereocenters. The largest absolute Gasteiger partial charge is 0.384 e. The van der Waals surface area contributed by atoms with Crippen molar-refractivity contribution in [2.45, 2.75) is 11.3 Å². The fourth-order valence-corrected chi connectivity index (χ4v) is 3.19. The third-order valence-corrected chi connectivity index (χ3v) is 4.47. The summed E-state index contributed by atoms with van der Waals surface area (Å²) in [5.74, 6) is 0.206. The molecule has 7 heteroatoms. The summed E-state index contributed by atoms with van der Waals surface area (Å²) in [7, 11) is -3.47. The van der Waals surface area contributed by atoms with Crippen LogP contribution in [0.25, 0.3) is 0 Å². The van der Waals surface area contributed by atoms with Crippen LogP contribution < -0.4 is 5.73 Å². The Bertz CT molecular complexity index is 481. The number of nitrogens with zero attached hydrogens (tertiary/aromatic N) is 2. The Hall–Kier alpha value is -1.18. The molecule has 0 spiro atoms. The number of rotatable bonds is 2. The summed E-state index contributed by atoms with van der Waals surface area (Å²) < 4.78 is 31.2. The summed E-state index contributed by atoms with van der Waals surface area (Å²) in [4.78, 5) is 3.97. The van der Waals surface area contributed by atoms with E-state index in [1.165, 1.54) is 22.6 Å². The summed E-state index contributed by atoms with van der Waals surface area (Å²) in [5.41, 5.74) is 5.50. The standard InChI is InChI=1S/C10H15N3O3S/c11-10-8-9(2-3-12-10)17(14,15)13-4-1-6-16-7-5-13/h2-3,8H,1,4-7H2,(H2,11,12). The molecule has 0 amide bonds. The number of nitrogen functional groups attached to an aromatic ring is 1. The second-order valence-corrected chi connectivity index (χ2v) is 5.72. The molecule has 0 radical (unpaired) electrons. The first kappa shape index (κ1) is 12.3. The molecule has 1 saturated heterocycles. The molecule has 1 aliphatic rings. The molecule has 0 saturated carbocycles. The summed E-state index contributed by atoms with van der Waals surface area (Å²) in [6.45, 7) is 1.89. The molecular formula is C10H15N3O3S. The maximum Gasteiger partial charge on any atom is 0.243 e. The molecule has 1 fully saturated rings. The Labute approximate surface area is 100 Å². The van der Waals surface area contributed by atoms with Gasteiger partial charge in [-0.25, -0.2) is 13.4 Å². The van der Waals surface area contributed by atoms with Crippen molar-refractivity contribution in [1.29, 1.82) is 0 Å². The van der Waals surface area contributed by atoms with Crippen LogP contribution in [0.15, 0.2) is 23.2 Å². The van der Waals surface area contributed by atoms with Crippen LogP contribution in [0.5, 0.6) is 0 Å². The van der Waals surface area contributed by atoms with Crippen LogP contribution in [0.2, 0.25) is 0 Å². The zero-order valence-corrected chi connectivity index (χ0v) is 10.2. The maximum atomic E-state index is 12.3. The normalized spacial score (nSPS) is 18.8. The van der Waals surface area contributed by atoms with Gasteiger partial charge < -0.3 is 10.5 Å². The minimum absolute atomic E-state index is 0.187. The van der Waals surface area contributed by atoms with Crippen molar-refractivity contribution in [3.63, 3.8) is 0 Å². The number of aromatic nitrogens is 1. The van der Waals surface area contributed by atoms with Crippen molar-refractivity contribution in [1.82, 2.24) is 9.29 Å². The van der Waals surface area contributed by atoms with Crippen LogP contribution >= 0.6 is 0 Å². The van der Waals surface area contributed by atoms with Crippen molar-refractivity contribution in [3.05, 3.63) is 18.3 Å². The van der Waals surface area contributed by atoms with Gasteiger partial charge in [-0.2, -0.15) is 4.31 Å². The lowest BCUT2D eigenvalue weighted by Crippen LogP contribution is -2.33. The smallest absolute Gasteiger partial charge is 0.243 e. The summed E-state index contributed by atoms with van der Waals surface area (Å²) in [6.07, 6.45) is 2.11. The molecule has 1 aromatic heterocycles. The lowest BCUT2D eigenvalue weighted by molar-refractivity contribution is 0.148. The van der Waals surface area contributed by atoms with Crippen molar-refractivity contribution in [3.8, 4) is 0 Å². The Morgan fingerprint density at radius 3 is 2.94 bits per heavy atom. The van der Waals surface area contributed by atoms with E-state index >= 15 is 0 Å². The van der Waals surface area contributed by atoms with Gasteiger partial charge in [-0.3, -0.25) is 0 Å². The minimum atomic E-state index is -3.47. The van der Waals surface area contributed by atoms with E-state index in [1.54, 1.807) is 0 Å². The second-order valence-electron chi connectivity index (χ2n) is 3.79. The van der Waals surface area contributed by atoms with E-state index in [9.17, 15) is 8.42 Å². The number of anilines is 1. The highest BCUT2D eigenvalue weighted by atomic mass is 32.2. The van der Waals surface area contributed by atoms with Crippen molar-refractivity contribution in [2.75, 3.05) is 32.0 Å². The van der Waals surface area contributed by atoms with E-state index in [4.69, 9.17) is 10.5 Å². The van der Waals surface area contributed by atoms with E-state index in [-0.39, 0.29) is 10.7 Å². The quantitative estimate of drug-likeness (QED) is 0.810. The zero-order valence-electron chi connectivity index (χ0n) is 9.37. The molecule has 0 unspecified atom stereocenters. The van der Waals surface area contributed by atoms with Crippen molar-refractivity contribution in [2.24, 2.45) is 0 Å². The summed E-state index contributed by atoms with van der Waals surface area (Å²) >= 11 is 0. The molecular weight excluding hydrogens is 242 g/mol. The van der Waals surface area contributed by atoms with E-state index < -0.39 is 10.0 Å². The van der Waals surface area contributed by atoms with Gasteiger partial charge in [0.1, 0.15) is 5.82 Å². The monoisotopic (exact) mass is 257 g/mol. The molecule has 0 bridgehead atoms. The van der Waals surface area contributed by atoms with Crippen LogP contribution in [-0.2, 0) is 14.8 Å². The zero-order chi connectivity index (χ0) is 12.3. The van der Waals surface area contributed by atoms with Crippen LogP contribution in [-0.4, -0.2) is 44.0 Å². The van der Waals surface area contributed by atoms with E-state index in [0.717, 1.165) is 0 Å². The Kier molecular flexibility index (Phi) is 3.60. The highest BCUT2D eigenvalue weighted by molar-refractivity contribution is 7.89. The molecule has 2 heterocycles. The fourth-order valence-electron chi connectivity index (χ4n) is 1.70. The number of ether oxygens (including phenoxy) is 1. The average Bonchev–Trinajstić information content (AvgIpc) is 2.58. The molecule has 1 aromatic rings. The Balaban J connectivity index is 2.28. The fraction of sp³-hybridized carbons (Fsp3) is 0.500. The third kappa shape index (κ3) is 2.74. The van der Waals surface area contributed by atoms with Gasteiger partial charge in [0.25, 0.3) is 0 Å². The third-order valence-electron chi connectivity index (χ3n) is 2.57. The molecule has 17 heavy (non-hydrogen) atoms. The molecule has 6 nitrogen and oxygen atoms in total. The molecule has 0 aliphatic carbocycles. The molecule has 1 aliphatic heterocycles. The lowest BCUT2D eigenvalue weighted by Gasteiger charge is -2.19. The SMILES string of the molecule is Nc1cc(S(=O)(=O)N2CCCOCC2)ccn1. The average molecular weight is 257 g/mol. The highest BCUT2D eigenvalue weighted by Gasteiger charge is 2.25. The van der Waals surface area contributed by atoms with Crippen LogP contribution in [0.3, 0.4) is 0 Å². The first-order valence-electron chi connectivity index (χ1n) is 5.40. The van der Waals surface area contributed by atoms with Gasteiger partial charge in [-0.15, -0.1) is 0 Å².